The largest absolute Gasteiger partial charge is 0.378 e. The number of hydrogen-bond acceptors (Lipinski definition) is 5. The van der Waals surface area contributed by atoms with Gasteiger partial charge in [0.15, 0.2) is 0 Å². The average molecular weight is 304 g/mol. The molecule has 0 radical (unpaired) electrons. The van der Waals surface area contributed by atoms with Gasteiger partial charge >= 0.3 is 0 Å². The molecule has 0 saturated carbocycles. The minimum Gasteiger partial charge on any atom is -0.378 e. The SMILES string of the molecule is Cc1nc(C2COCCN2Cc2ccc(F)cn2)cc(=O)[nH]1. The van der Waals surface area contributed by atoms with Gasteiger partial charge in [-0.25, -0.2) is 9.37 Å². The molecule has 3 heterocycles. The van der Waals surface area contributed by atoms with Crippen LogP contribution in [0.15, 0.2) is 29.2 Å². The number of H-pyrrole nitrogens is 1. The van der Waals surface area contributed by atoms with E-state index in [0.717, 1.165) is 5.69 Å². The number of ether oxygens (including phenoxy) is 1. The highest BCUT2D eigenvalue weighted by atomic mass is 19.1. The smallest absolute Gasteiger partial charge is 0.251 e. The van der Waals surface area contributed by atoms with Gasteiger partial charge in [-0.3, -0.25) is 14.7 Å². The molecule has 1 N–H and O–H groups in total. The third-order valence-electron chi connectivity index (χ3n) is 3.61. The highest BCUT2D eigenvalue weighted by molar-refractivity contribution is 5.11. The molecule has 6 nitrogen and oxygen atoms in total. The number of halogens is 1. The van der Waals surface area contributed by atoms with Crippen molar-refractivity contribution in [2.45, 2.75) is 19.5 Å². The van der Waals surface area contributed by atoms with E-state index >= 15 is 0 Å². The minimum absolute atomic E-state index is 0.110. The second kappa shape index (κ2) is 6.33. The molecule has 1 unspecified atom stereocenters. The van der Waals surface area contributed by atoms with Gasteiger partial charge in [-0.15, -0.1) is 0 Å². The van der Waals surface area contributed by atoms with E-state index in [1.54, 1.807) is 13.0 Å². The molecule has 3 rings (SSSR count). The van der Waals surface area contributed by atoms with E-state index in [4.69, 9.17) is 4.74 Å². The summed E-state index contributed by atoms with van der Waals surface area (Å²) in [5.41, 5.74) is 1.28. The van der Waals surface area contributed by atoms with E-state index in [2.05, 4.69) is 19.9 Å². The molecule has 1 fully saturated rings. The molecule has 0 aliphatic carbocycles. The van der Waals surface area contributed by atoms with Gasteiger partial charge in [0, 0.05) is 19.2 Å². The lowest BCUT2D eigenvalue weighted by molar-refractivity contribution is -0.0149. The molecular formula is C15H17FN4O2. The lowest BCUT2D eigenvalue weighted by Crippen LogP contribution is -2.40. The Morgan fingerprint density at radius 2 is 2.36 bits per heavy atom. The van der Waals surface area contributed by atoms with Gasteiger partial charge in [-0.1, -0.05) is 0 Å². The highest BCUT2D eigenvalue weighted by Crippen LogP contribution is 2.23. The Labute approximate surface area is 127 Å². The molecule has 1 aliphatic heterocycles. The number of hydrogen-bond donors (Lipinski definition) is 1. The standard InChI is InChI=1S/C15H17FN4O2/c1-10-18-13(6-15(21)19-10)14-9-22-5-4-20(14)8-12-3-2-11(16)7-17-12/h2-3,6-7,14H,4-5,8-9H2,1H3,(H,18,19,21). The molecule has 0 aromatic carbocycles. The van der Waals surface area contributed by atoms with Crippen LogP contribution in [0.3, 0.4) is 0 Å². The van der Waals surface area contributed by atoms with Crippen molar-refractivity contribution in [3.05, 3.63) is 57.8 Å². The molecule has 116 valence electrons. The van der Waals surface area contributed by atoms with Crippen LogP contribution in [-0.4, -0.2) is 39.6 Å². The Bertz CT molecular complexity index is 701. The molecule has 1 aliphatic rings. The molecule has 1 saturated heterocycles. The van der Waals surface area contributed by atoms with Crippen LogP contribution >= 0.6 is 0 Å². The predicted molar refractivity (Wildman–Crippen MR) is 77.8 cm³/mol. The summed E-state index contributed by atoms with van der Waals surface area (Å²) in [6, 6.07) is 4.45. The normalized spacial score (nSPS) is 19.3. The van der Waals surface area contributed by atoms with Crippen molar-refractivity contribution < 1.29 is 9.13 Å². The van der Waals surface area contributed by atoms with E-state index in [1.165, 1.54) is 18.3 Å². The molecule has 0 bridgehead atoms. The van der Waals surface area contributed by atoms with Crippen molar-refractivity contribution in [2.75, 3.05) is 19.8 Å². The van der Waals surface area contributed by atoms with E-state index < -0.39 is 0 Å². The van der Waals surface area contributed by atoms with Gasteiger partial charge in [0.2, 0.25) is 0 Å². The van der Waals surface area contributed by atoms with E-state index in [0.29, 0.717) is 37.8 Å². The topological polar surface area (TPSA) is 71.1 Å². The number of rotatable bonds is 3. The average Bonchev–Trinajstić information content (AvgIpc) is 2.49. The summed E-state index contributed by atoms with van der Waals surface area (Å²) >= 11 is 0. The molecule has 22 heavy (non-hydrogen) atoms. The number of aryl methyl sites for hydroxylation is 1. The van der Waals surface area contributed by atoms with Crippen LogP contribution in [0.1, 0.15) is 23.3 Å². The van der Waals surface area contributed by atoms with Gasteiger partial charge in [0.05, 0.1) is 36.8 Å². The van der Waals surface area contributed by atoms with Crippen LogP contribution in [0, 0.1) is 12.7 Å². The third-order valence-corrected chi connectivity index (χ3v) is 3.61. The van der Waals surface area contributed by atoms with E-state index in [9.17, 15) is 9.18 Å². The highest BCUT2D eigenvalue weighted by Gasteiger charge is 2.26. The fraction of sp³-hybridized carbons (Fsp3) is 0.400. The van der Waals surface area contributed by atoms with Gasteiger partial charge in [0.25, 0.3) is 5.56 Å². The van der Waals surface area contributed by atoms with Crippen LogP contribution in [0.25, 0.3) is 0 Å². The maximum atomic E-state index is 13.0. The first kappa shape index (κ1) is 14.8. The van der Waals surface area contributed by atoms with Gasteiger partial charge in [-0.2, -0.15) is 0 Å². The first-order valence-corrected chi connectivity index (χ1v) is 7.12. The maximum absolute atomic E-state index is 13.0. The maximum Gasteiger partial charge on any atom is 0.251 e. The summed E-state index contributed by atoms with van der Waals surface area (Å²) in [6.07, 6.45) is 1.21. The number of pyridine rings is 1. The quantitative estimate of drug-likeness (QED) is 0.922. The number of aromatic nitrogens is 3. The zero-order valence-electron chi connectivity index (χ0n) is 12.3. The fourth-order valence-electron chi connectivity index (χ4n) is 2.58. The van der Waals surface area contributed by atoms with Crippen molar-refractivity contribution in [1.82, 2.24) is 19.9 Å². The number of morpholine rings is 1. The van der Waals surface area contributed by atoms with Crippen LogP contribution in [0.2, 0.25) is 0 Å². The second-order valence-corrected chi connectivity index (χ2v) is 5.28. The first-order chi connectivity index (χ1) is 10.6. The van der Waals surface area contributed by atoms with Crippen molar-refractivity contribution >= 4 is 0 Å². The fourth-order valence-corrected chi connectivity index (χ4v) is 2.58. The van der Waals surface area contributed by atoms with Crippen LogP contribution in [-0.2, 0) is 11.3 Å². The second-order valence-electron chi connectivity index (χ2n) is 5.28. The third kappa shape index (κ3) is 3.37. The molecule has 7 heteroatoms. The number of nitrogens with one attached hydrogen (secondary N) is 1. The Hall–Kier alpha value is -2.12. The molecule has 1 atom stereocenters. The molecule has 0 amide bonds. The van der Waals surface area contributed by atoms with Crippen molar-refractivity contribution in [2.24, 2.45) is 0 Å². The summed E-state index contributed by atoms with van der Waals surface area (Å²) < 4.78 is 18.5. The van der Waals surface area contributed by atoms with Crippen LogP contribution in [0.5, 0.6) is 0 Å². The van der Waals surface area contributed by atoms with E-state index in [1.807, 2.05) is 0 Å². The number of aromatic amines is 1. The Balaban J connectivity index is 1.84. The van der Waals surface area contributed by atoms with Crippen molar-refractivity contribution in [3.63, 3.8) is 0 Å². The zero-order valence-corrected chi connectivity index (χ0v) is 12.3. The minimum atomic E-state index is -0.353. The number of nitrogens with zero attached hydrogens (tertiary/aromatic N) is 3. The summed E-state index contributed by atoms with van der Waals surface area (Å²) in [5.74, 6) is 0.224. The zero-order chi connectivity index (χ0) is 15.5. The lowest BCUT2D eigenvalue weighted by Gasteiger charge is -2.34. The summed E-state index contributed by atoms with van der Waals surface area (Å²) in [5, 5.41) is 0. The molecular weight excluding hydrogens is 287 g/mol. The van der Waals surface area contributed by atoms with Crippen molar-refractivity contribution in [1.29, 1.82) is 0 Å². The summed E-state index contributed by atoms with van der Waals surface area (Å²) in [7, 11) is 0. The van der Waals surface area contributed by atoms with E-state index in [-0.39, 0.29) is 17.4 Å². The molecule has 2 aromatic rings. The summed E-state index contributed by atoms with van der Waals surface area (Å²) in [4.78, 5) is 24.9. The van der Waals surface area contributed by atoms with Crippen LogP contribution < -0.4 is 5.56 Å². The molecule has 0 spiro atoms. The van der Waals surface area contributed by atoms with Gasteiger partial charge in [0.1, 0.15) is 11.6 Å². The Morgan fingerprint density at radius 3 is 3.09 bits per heavy atom. The van der Waals surface area contributed by atoms with Gasteiger partial charge < -0.3 is 9.72 Å². The Morgan fingerprint density at radius 1 is 1.50 bits per heavy atom. The summed E-state index contributed by atoms with van der Waals surface area (Å²) in [6.45, 7) is 4.09. The first-order valence-electron chi connectivity index (χ1n) is 7.12. The monoisotopic (exact) mass is 304 g/mol. The van der Waals surface area contributed by atoms with Gasteiger partial charge in [-0.05, 0) is 19.1 Å². The van der Waals surface area contributed by atoms with Crippen molar-refractivity contribution in [3.8, 4) is 0 Å². The molecule has 2 aromatic heterocycles. The predicted octanol–water partition coefficient (Wildman–Crippen LogP) is 1.19. The Kier molecular flexibility index (Phi) is 4.26. The lowest BCUT2D eigenvalue weighted by atomic mass is 10.1. The van der Waals surface area contributed by atoms with Crippen LogP contribution in [0.4, 0.5) is 4.39 Å².